The lowest BCUT2D eigenvalue weighted by Gasteiger charge is -2.11. The van der Waals surface area contributed by atoms with Crippen LogP contribution in [0.4, 0.5) is 5.69 Å². The number of imidazole rings is 1. The molecule has 6 heteroatoms. The largest absolute Gasteiger partial charge is 0.349 e. The molecule has 3 aromatic rings. The molecule has 0 atom stereocenters. The zero-order valence-electron chi connectivity index (χ0n) is 16.6. The van der Waals surface area contributed by atoms with Crippen LogP contribution in [0, 0.1) is 0 Å². The molecule has 3 N–H and O–H groups in total. The van der Waals surface area contributed by atoms with E-state index in [0.29, 0.717) is 11.6 Å². The van der Waals surface area contributed by atoms with E-state index < -0.39 is 0 Å². The first-order valence-electron chi connectivity index (χ1n) is 10.2. The van der Waals surface area contributed by atoms with Crippen LogP contribution in [0.5, 0.6) is 0 Å². The highest BCUT2D eigenvalue weighted by molar-refractivity contribution is 5.97. The van der Waals surface area contributed by atoms with Crippen LogP contribution in [0.15, 0.2) is 42.5 Å². The van der Waals surface area contributed by atoms with Crippen molar-refractivity contribution in [3.8, 4) is 0 Å². The average Bonchev–Trinajstić information content (AvgIpc) is 3.35. The number of nitrogens with one attached hydrogen (secondary N) is 3. The topological polar surface area (TPSA) is 86.9 Å². The molecule has 1 aromatic heterocycles. The molecule has 4 rings (SSSR count). The molecule has 0 aliphatic heterocycles. The van der Waals surface area contributed by atoms with E-state index in [1.54, 1.807) is 0 Å². The molecule has 1 aliphatic rings. The molecule has 0 unspecified atom stereocenters. The molecular formula is C23H26N4O2. The Morgan fingerprint density at radius 2 is 1.83 bits per heavy atom. The molecule has 2 aromatic carbocycles. The molecule has 150 valence electrons. The summed E-state index contributed by atoms with van der Waals surface area (Å²) < 4.78 is 0. The number of nitrogens with zero attached hydrogens (tertiary/aromatic N) is 1. The first-order valence-corrected chi connectivity index (χ1v) is 10.2. The van der Waals surface area contributed by atoms with Gasteiger partial charge in [0.05, 0.1) is 11.0 Å². The standard InChI is InChI=1S/C23H26N4O2/c1-15(28)24-19-10-6-16(7-11-19)8-13-22-26-20-12-9-17(14-21(20)27-22)23(29)25-18-4-2-3-5-18/h6-7,9-12,14,18H,2-5,8,13H2,1H3,(H,24,28)(H,25,29)(H,26,27). The number of carbonyl (C=O) groups excluding carboxylic acids is 2. The van der Waals surface area contributed by atoms with Crippen LogP contribution < -0.4 is 10.6 Å². The van der Waals surface area contributed by atoms with Crippen molar-refractivity contribution in [1.29, 1.82) is 0 Å². The lowest BCUT2D eigenvalue weighted by molar-refractivity contribution is -0.114. The second-order valence-electron chi connectivity index (χ2n) is 7.75. The summed E-state index contributed by atoms with van der Waals surface area (Å²) in [6.45, 7) is 1.50. The van der Waals surface area contributed by atoms with Crippen molar-refractivity contribution >= 4 is 28.5 Å². The minimum Gasteiger partial charge on any atom is -0.349 e. The van der Waals surface area contributed by atoms with Crippen LogP contribution >= 0.6 is 0 Å². The summed E-state index contributed by atoms with van der Waals surface area (Å²) in [7, 11) is 0. The molecule has 29 heavy (non-hydrogen) atoms. The lowest BCUT2D eigenvalue weighted by Crippen LogP contribution is -2.32. The van der Waals surface area contributed by atoms with E-state index in [9.17, 15) is 9.59 Å². The predicted molar refractivity (Wildman–Crippen MR) is 114 cm³/mol. The number of amides is 2. The number of aromatic amines is 1. The number of hydrogen-bond donors (Lipinski definition) is 3. The number of carbonyl (C=O) groups is 2. The van der Waals surface area contributed by atoms with Gasteiger partial charge in [0.1, 0.15) is 5.82 Å². The van der Waals surface area contributed by atoms with E-state index in [1.807, 2.05) is 42.5 Å². The fourth-order valence-electron chi connectivity index (χ4n) is 3.88. The van der Waals surface area contributed by atoms with Gasteiger partial charge >= 0.3 is 0 Å². The molecule has 1 fully saturated rings. The maximum Gasteiger partial charge on any atom is 0.251 e. The Kier molecular flexibility index (Phi) is 5.60. The Bertz CT molecular complexity index is 1020. The summed E-state index contributed by atoms with van der Waals surface area (Å²) in [5, 5.41) is 5.90. The molecule has 0 bridgehead atoms. The third-order valence-electron chi connectivity index (χ3n) is 5.41. The Labute approximate surface area is 170 Å². The van der Waals surface area contributed by atoms with Gasteiger partial charge in [0, 0.05) is 30.6 Å². The summed E-state index contributed by atoms with van der Waals surface area (Å²) in [5.74, 6) is 0.824. The van der Waals surface area contributed by atoms with Gasteiger partial charge in [-0.3, -0.25) is 9.59 Å². The summed E-state index contributed by atoms with van der Waals surface area (Å²) >= 11 is 0. The van der Waals surface area contributed by atoms with Gasteiger partial charge in [-0.1, -0.05) is 25.0 Å². The minimum absolute atomic E-state index is 0.00536. The van der Waals surface area contributed by atoms with Crippen LogP contribution in [-0.4, -0.2) is 27.8 Å². The van der Waals surface area contributed by atoms with E-state index >= 15 is 0 Å². The zero-order valence-corrected chi connectivity index (χ0v) is 16.6. The fourth-order valence-corrected chi connectivity index (χ4v) is 3.88. The van der Waals surface area contributed by atoms with Gasteiger partial charge in [-0.05, 0) is 55.2 Å². The average molecular weight is 390 g/mol. The minimum atomic E-state index is -0.0729. The summed E-state index contributed by atoms with van der Waals surface area (Å²) in [6.07, 6.45) is 6.17. The Morgan fingerprint density at radius 3 is 2.55 bits per heavy atom. The SMILES string of the molecule is CC(=O)Nc1ccc(CCc2nc3ccc(C(=O)NC4CCCC4)cc3[nH]2)cc1. The molecule has 0 radical (unpaired) electrons. The highest BCUT2D eigenvalue weighted by atomic mass is 16.2. The first kappa shape index (κ1) is 19.2. The number of anilines is 1. The van der Waals surface area contributed by atoms with Crippen LogP contribution in [0.2, 0.25) is 0 Å². The summed E-state index contributed by atoms with van der Waals surface area (Å²) in [6, 6.07) is 13.8. The molecule has 1 aliphatic carbocycles. The fraction of sp³-hybridized carbons (Fsp3) is 0.348. The van der Waals surface area contributed by atoms with Crippen molar-refractivity contribution in [1.82, 2.24) is 15.3 Å². The third kappa shape index (κ3) is 4.83. The van der Waals surface area contributed by atoms with Gasteiger partial charge < -0.3 is 15.6 Å². The maximum absolute atomic E-state index is 12.5. The van der Waals surface area contributed by atoms with Gasteiger partial charge in [-0.15, -0.1) is 0 Å². The number of aromatic nitrogens is 2. The zero-order chi connectivity index (χ0) is 20.2. The first-order chi connectivity index (χ1) is 14.1. The highest BCUT2D eigenvalue weighted by Gasteiger charge is 2.18. The Hall–Kier alpha value is -3.15. The maximum atomic E-state index is 12.5. The molecule has 1 saturated carbocycles. The lowest BCUT2D eigenvalue weighted by atomic mass is 10.1. The van der Waals surface area contributed by atoms with E-state index in [1.165, 1.54) is 25.3 Å². The van der Waals surface area contributed by atoms with Crippen molar-refractivity contribution in [3.63, 3.8) is 0 Å². The number of benzene rings is 2. The van der Waals surface area contributed by atoms with Crippen LogP contribution in [0.1, 0.15) is 54.4 Å². The monoisotopic (exact) mass is 390 g/mol. The van der Waals surface area contributed by atoms with Gasteiger partial charge in [0.25, 0.3) is 5.91 Å². The van der Waals surface area contributed by atoms with Gasteiger partial charge in [0.2, 0.25) is 5.91 Å². The van der Waals surface area contributed by atoms with Crippen molar-refractivity contribution < 1.29 is 9.59 Å². The predicted octanol–water partition coefficient (Wildman–Crippen LogP) is 3.98. The smallest absolute Gasteiger partial charge is 0.251 e. The molecular weight excluding hydrogens is 364 g/mol. The van der Waals surface area contributed by atoms with Crippen LogP contribution in [0.25, 0.3) is 11.0 Å². The van der Waals surface area contributed by atoms with Crippen LogP contribution in [0.3, 0.4) is 0 Å². The third-order valence-corrected chi connectivity index (χ3v) is 5.41. The number of H-pyrrole nitrogens is 1. The van der Waals surface area contributed by atoms with E-state index in [-0.39, 0.29) is 11.8 Å². The summed E-state index contributed by atoms with van der Waals surface area (Å²) in [4.78, 5) is 31.6. The van der Waals surface area contributed by atoms with Gasteiger partial charge in [-0.25, -0.2) is 4.98 Å². The van der Waals surface area contributed by atoms with Gasteiger partial charge in [0.15, 0.2) is 0 Å². The molecule has 6 nitrogen and oxygen atoms in total. The van der Waals surface area contributed by atoms with E-state index in [0.717, 1.165) is 48.2 Å². The van der Waals surface area contributed by atoms with Crippen molar-refractivity contribution in [3.05, 3.63) is 59.4 Å². The number of rotatable bonds is 6. The van der Waals surface area contributed by atoms with E-state index in [2.05, 4.69) is 20.6 Å². The molecule has 2 amide bonds. The van der Waals surface area contributed by atoms with Gasteiger partial charge in [-0.2, -0.15) is 0 Å². The Balaban J connectivity index is 1.39. The molecule has 0 saturated heterocycles. The second kappa shape index (κ2) is 8.47. The van der Waals surface area contributed by atoms with Crippen molar-refractivity contribution in [2.24, 2.45) is 0 Å². The number of fused-ring (bicyclic) bond motifs is 1. The van der Waals surface area contributed by atoms with E-state index in [4.69, 9.17) is 0 Å². The number of aryl methyl sites for hydroxylation is 2. The quantitative estimate of drug-likeness (QED) is 0.595. The summed E-state index contributed by atoms with van der Waals surface area (Å²) in [5.41, 5.74) is 4.41. The van der Waals surface area contributed by atoms with Crippen LogP contribution in [-0.2, 0) is 17.6 Å². The number of hydrogen-bond acceptors (Lipinski definition) is 3. The second-order valence-corrected chi connectivity index (χ2v) is 7.75. The molecule has 1 heterocycles. The Morgan fingerprint density at radius 1 is 1.07 bits per heavy atom. The normalized spacial score (nSPS) is 14.2. The molecule has 0 spiro atoms. The highest BCUT2D eigenvalue weighted by Crippen LogP contribution is 2.20. The van der Waals surface area contributed by atoms with Crippen molar-refractivity contribution in [2.45, 2.75) is 51.5 Å². The van der Waals surface area contributed by atoms with Crippen molar-refractivity contribution in [2.75, 3.05) is 5.32 Å².